The third-order valence-electron chi connectivity index (χ3n) is 4.79. The zero-order valence-electron chi connectivity index (χ0n) is 14.8. The molecule has 1 atom stereocenters. The molecule has 4 nitrogen and oxygen atoms in total. The molecule has 1 aliphatic heterocycles. The second-order valence-electron chi connectivity index (χ2n) is 6.74. The van der Waals surface area contributed by atoms with Gasteiger partial charge in [0.25, 0.3) is 0 Å². The normalized spacial score (nSPS) is 18.2. The molecule has 2 aromatic carbocycles. The van der Waals surface area contributed by atoms with Gasteiger partial charge in [-0.15, -0.1) is 0 Å². The SMILES string of the molecule is Cc1ccc(CN2CCOCC2c2ncc(-c3cccc(F)c3)[nH]2)cc1. The number of halogens is 1. The van der Waals surface area contributed by atoms with E-state index in [2.05, 4.69) is 46.1 Å². The summed E-state index contributed by atoms with van der Waals surface area (Å²) in [5.74, 6) is 0.608. The van der Waals surface area contributed by atoms with E-state index in [1.807, 2.05) is 6.07 Å². The van der Waals surface area contributed by atoms with Gasteiger partial charge >= 0.3 is 0 Å². The van der Waals surface area contributed by atoms with Crippen molar-refractivity contribution in [1.82, 2.24) is 14.9 Å². The van der Waals surface area contributed by atoms with E-state index in [0.29, 0.717) is 6.61 Å². The van der Waals surface area contributed by atoms with Gasteiger partial charge in [0, 0.05) is 18.7 Å². The summed E-state index contributed by atoms with van der Waals surface area (Å²) in [4.78, 5) is 10.3. The molecule has 0 bridgehead atoms. The molecule has 0 aliphatic carbocycles. The molecule has 2 heterocycles. The Kier molecular flexibility index (Phi) is 4.82. The number of nitrogens with one attached hydrogen (secondary N) is 1. The van der Waals surface area contributed by atoms with Gasteiger partial charge in [0.15, 0.2) is 0 Å². The minimum Gasteiger partial charge on any atom is -0.378 e. The molecule has 4 rings (SSSR count). The van der Waals surface area contributed by atoms with Crippen molar-refractivity contribution in [1.29, 1.82) is 0 Å². The maximum atomic E-state index is 13.5. The molecule has 3 aromatic rings. The Morgan fingerprint density at radius 2 is 2.08 bits per heavy atom. The highest BCUT2D eigenvalue weighted by molar-refractivity contribution is 5.58. The zero-order chi connectivity index (χ0) is 17.9. The summed E-state index contributed by atoms with van der Waals surface area (Å²) >= 11 is 0. The van der Waals surface area contributed by atoms with Crippen LogP contribution >= 0.6 is 0 Å². The maximum Gasteiger partial charge on any atom is 0.126 e. The van der Waals surface area contributed by atoms with Gasteiger partial charge in [0.1, 0.15) is 11.6 Å². The smallest absolute Gasteiger partial charge is 0.126 e. The molecule has 0 amide bonds. The number of nitrogens with zero attached hydrogens (tertiary/aromatic N) is 2. The Bertz CT molecular complexity index is 875. The summed E-state index contributed by atoms with van der Waals surface area (Å²) in [6.45, 7) is 5.12. The summed E-state index contributed by atoms with van der Waals surface area (Å²) in [5.41, 5.74) is 4.16. The minimum absolute atomic E-state index is 0.0624. The lowest BCUT2D eigenvalue weighted by molar-refractivity contribution is -0.0156. The van der Waals surface area contributed by atoms with Crippen molar-refractivity contribution in [2.24, 2.45) is 0 Å². The molecule has 1 fully saturated rings. The fraction of sp³-hybridized carbons (Fsp3) is 0.286. The number of H-pyrrole nitrogens is 1. The number of morpholine rings is 1. The van der Waals surface area contributed by atoms with Crippen LogP contribution in [-0.4, -0.2) is 34.6 Å². The second-order valence-corrected chi connectivity index (χ2v) is 6.74. The van der Waals surface area contributed by atoms with Crippen molar-refractivity contribution < 1.29 is 9.13 Å². The van der Waals surface area contributed by atoms with Crippen LogP contribution in [0.15, 0.2) is 54.7 Å². The molecule has 0 saturated carbocycles. The van der Waals surface area contributed by atoms with Crippen molar-refractivity contribution >= 4 is 0 Å². The molecule has 1 aromatic heterocycles. The molecular weight excluding hydrogens is 329 g/mol. The van der Waals surface area contributed by atoms with Gasteiger partial charge in [-0.05, 0) is 24.6 Å². The van der Waals surface area contributed by atoms with Gasteiger partial charge in [-0.25, -0.2) is 9.37 Å². The van der Waals surface area contributed by atoms with E-state index in [4.69, 9.17) is 4.74 Å². The quantitative estimate of drug-likeness (QED) is 0.769. The van der Waals surface area contributed by atoms with Crippen LogP contribution in [0.1, 0.15) is 23.0 Å². The molecule has 0 spiro atoms. The number of rotatable bonds is 4. The van der Waals surface area contributed by atoms with Crippen molar-refractivity contribution in [3.63, 3.8) is 0 Å². The van der Waals surface area contributed by atoms with E-state index in [0.717, 1.165) is 36.8 Å². The van der Waals surface area contributed by atoms with E-state index in [-0.39, 0.29) is 11.9 Å². The highest BCUT2D eigenvalue weighted by Gasteiger charge is 2.27. The Labute approximate surface area is 152 Å². The van der Waals surface area contributed by atoms with Gasteiger partial charge in [-0.2, -0.15) is 0 Å². The first-order chi connectivity index (χ1) is 12.7. The first-order valence-electron chi connectivity index (χ1n) is 8.87. The molecule has 26 heavy (non-hydrogen) atoms. The van der Waals surface area contributed by atoms with E-state index in [1.165, 1.54) is 23.3 Å². The van der Waals surface area contributed by atoms with Gasteiger partial charge in [-0.3, -0.25) is 4.90 Å². The van der Waals surface area contributed by atoms with Gasteiger partial charge in [-0.1, -0.05) is 42.0 Å². The van der Waals surface area contributed by atoms with Crippen LogP contribution in [0.3, 0.4) is 0 Å². The predicted molar refractivity (Wildman–Crippen MR) is 99.1 cm³/mol. The number of imidazole rings is 1. The average molecular weight is 351 g/mol. The Hall–Kier alpha value is -2.50. The predicted octanol–water partition coefficient (Wildman–Crippen LogP) is 4.10. The minimum atomic E-state index is -0.249. The van der Waals surface area contributed by atoms with E-state index in [1.54, 1.807) is 12.3 Å². The maximum absolute atomic E-state index is 13.5. The Morgan fingerprint density at radius 3 is 2.88 bits per heavy atom. The molecule has 134 valence electrons. The topological polar surface area (TPSA) is 41.1 Å². The van der Waals surface area contributed by atoms with Crippen LogP contribution in [-0.2, 0) is 11.3 Å². The van der Waals surface area contributed by atoms with Crippen LogP contribution < -0.4 is 0 Å². The van der Waals surface area contributed by atoms with E-state index >= 15 is 0 Å². The molecule has 5 heteroatoms. The number of aryl methyl sites for hydroxylation is 1. The van der Waals surface area contributed by atoms with Crippen molar-refractivity contribution in [3.05, 3.63) is 77.5 Å². The van der Waals surface area contributed by atoms with Crippen LogP contribution in [0.4, 0.5) is 4.39 Å². The number of aromatic nitrogens is 2. The molecule has 0 radical (unpaired) electrons. The lowest BCUT2D eigenvalue weighted by Crippen LogP contribution is -2.39. The lowest BCUT2D eigenvalue weighted by Gasteiger charge is -2.34. The third-order valence-corrected chi connectivity index (χ3v) is 4.79. The Balaban J connectivity index is 1.55. The van der Waals surface area contributed by atoms with Crippen LogP contribution in [0.25, 0.3) is 11.3 Å². The van der Waals surface area contributed by atoms with Gasteiger partial charge < -0.3 is 9.72 Å². The van der Waals surface area contributed by atoms with Crippen molar-refractivity contribution in [2.75, 3.05) is 19.8 Å². The van der Waals surface area contributed by atoms with Crippen LogP contribution in [0.2, 0.25) is 0 Å². The van der Waals surface area contributed by atoms with Crippen LogP contribution in [0, 0.1) is 12.7 Å². The molecule has 1 saturated heterocycles. The molecular formula is C21H22FN3O. The fourth-order valence-electron chi connectivity index (χ4n) is 3.32. The Morgan fingerprint density at radius 1 is 1.23 bits per heavy atom. The number of hydrogen-bond acceptors (Lipinski definition) is 3. The average Bonchev–Trinajstić information content (AvgIpc) is 3.14. The molecule has 1 unspecified atom stereocenters. The van der Waals surface area contributed by atoms with Gasteiger partial charge in [0.05, 0.1) is 31.1 Å². The van der Waals surface area contributed by atoms with Gasteiger partial charge in [0.2, 0.25) is 0 Å². The summed E-state index contributed by atoms with van der Waals surface area (Å²) in [6, 6.07) is 15.2. The summed E-state index contributed by atoms with van der Waals surface area (Å²) in [7, 11) is 0. The van der Waals surface area contributed by atoms with E-state index < -0.39 is 0 Å². The summed E-state index contributed by atoms with van der Waals surface area (Å²) < 4.78 is 19.2. The number of ether oxygens (including phenoxy) is 1. The highest BCUT2D eigenvalue weighted by Crippen LogP contribution is 2.26. The lowest BCUT2D eigenvalue weighted by atomic mass is 10.1. The second kappa shape index (κ2) is 7.40. The third kappa shape index (κ3) is 3.69. The number of hydrogen-bond donors (Lipinski definition) is 1. The largest absolute Gasteiger partial charge is 0.378 e. The number of aromatic amines is 1. The van der Waals surface area contributed by atoms with Crippen molar-refractivity contribution in [3.8, 4) is 11.3 Å². The summed E-state index contributed by atoms with van der Waals surface area (Å²) in [6.07, 6.45) is 1.77. The molecule has 1 N–H and O–H groups in total. The first-order valence-corrected chi connectivity index (χ1v) is 8.87. The molecule has 1 aliphatic rings. The number of benzene rings is 2. The van der Waals surface area contributed by atoms with Crippen molar-refractivity contribution in [2.45, 2.75) is 19.5 Å². The highest BCUT2D eigenvalue weighted by atomic mass is 19.1. The van der Waals surface area contributed by atoms with Crippen LogP contribution in [0.5, 0.6) is 0 Å². The monoisotopic (exact) mass is 351 g/mol. The first kappa shape index (κ1) is 16.9. The van der Waals surface area contributed by atoms with E-state index in [9.17, 15) is 4.39 Å². The summed E-state index contributed by atoms with van der Waals surface area (Å²) in [5, 5.41) is 0. The standard InChI is InChI=1S/C21H22FN3O/c1-15-5-7-16(8-6-15)13-25-9-10-26-14-20(25)21-23-12-19(24-21)17-3-2-4-18(22)11-17/h2-8,11-12,20H,9-10,13-14H2,1H3,(H,23,24). The zero-order valence-corrected chi connectivity index (χ0v) is 14.8. The fourth-order valence-corrected chi connectivity index (χ4v) is 3.32.